The smallest absolute Gasteiger partial charge is 0.312 e. The van der Waals surface area contributed by atoms with E-state index in [2.05, 4.69) is 20.8 Å². The summed E-state index contributed by atoms with van der Waals surface area (Å²) in [6.07, 6.45) is 0. The summed E-state index contributed by atoms with van der Waals surface area (Å²) in [4.78, 5) is 21.0. The molecule has 1 aromatic rings. The number of carbonyl (C=O) groups is 2. The zero-order valence-electron chi connectivity index (χ0n) is 8.43. The second kappa shape index (κ2) is 5.49. The lowest BCUT2D eigenvalue weighted by Crippen LogP contribution is -2.33. The van der Waals surface area contributed by atoms with Gasteiger partial charge in [-0.1, -0.05) is 0 Å². The number of anilines is 1. The number of amides is 3. The highest BCUT2D eigenvalue weighted by Crippen LogP contribution is 2.00. The summed E-state index contributed by atoms with van der Waals surface area (Å²) in [5.74, 6) is -0.147. The Kier molecular flexibility index (Phi) is 4.01. The quantitative estimate of drug-likeness (QED) is 0.459. The lowest BCUT2D eigenvalue weighted by atomic mass is 10.4. The molecule has 0 aliphatic heterocycles. The number of aromatic nitrogens is 2. The average molecular weight is 224 g/mol. The normalized spacial score (nSPS) is 9.50. The number of carbonyl (C=O) groups excluding carboxylic acids is 2. The maximum atomic E-state index is 10.7. The van der Waals surface area contributed by atoms with Crippen molar-refractivity contribution in [2.24, 2.45) is 11.5 Å². The second-order valence-corrected chi connectivity index (χ2v) is 2.89. The third-order valence-corrected chi connectivity index (χ3v) is 1.65. The predicted octanol–water partition coefficient (Wildman–Crippen LogP) is -1.34. The first kappa shape index (κ1) is 11.7. The number of primary amides is 2. The van der Waals surface area contributed by atoms with E-state index < -0.39 is 11.9 Å². The zero-order chi connectivity index (χ0) is 12.0. The second-order valence-electron chi connectivity index (χ2n) is 2.89. The molecule has 6 N–H and O–H groups in total. The van der Waals surface area contributed by atoms with E-state index in [1.54, 1.807) is 6.07 Å². The summed E-state index contributed by atoms with van der Waals surface area (Å²) in [5, 5.41) is 12.6. The first-order valence-electron chi connectivity index (χ1n) is 4.50. The molecule has 0 atom stereocenters. The Morgan fingerprint density at radius 2 is 1.94 bits per heavy atom. The third kappa shape index (κ3) is 3.78. The molecule has 8 nitrogen and oxygen atoms in total. The van der Waals surface area contributed by atoms with Crippen molar-refractivity contribution in [2.45, 2.75) is 0 Å². The molecule has 86 valence electrons. The fourth-order valence-corrected chi connectivity index (χ4v) is 0.934. The molecule has 0 unspecified atom stereocenters. The lowest BCUT2D eigenvalue weighted by Gasteiger charge is -2.04. The van der Waals surface area contributed by atoms with Gasteiger partial charge in [0.1, 0.15) is 5.82 Å². The minimum Gasteiger partial charge on any atom is -0.367 e. The number of urea groups is 1. The molecule has 1 heterocycles. The van der Waals surface area contributed by atoms with Gasteiger partial charge in [0.25, 0.3) is 5.91 Å². The molecular weight excluding hydrogens is 212 g/mol. The van der Waals surface area contributed by atoms with Gasteiger partial charge in [0.2, 0.25) is 0 Å². The van der Waals surface area contributed by atoms with Gasteiger partial charge in [0, 0.05) is 13.1 Å². The van der Waals surface area contributed by atoms with Crippen molar-refractivity contribution >= 4 is 17.8 Å². The van der Waals surface area contributed by atoms with Crippen LogP contribution in [0.3, 0.4) is 0 Å². The van der Waals surface area contributed by atoms with E-state index in [0.717, 1.165) is 0 Å². The fourth-order valence-electron chi connectivity index (χ4n) is 0.934. The molecule has 0 saturated heterocycles. The molecule has 3 amide bonds. The summed E-state index contributed by atoms with van der Waals surface area (Å²) in [5.41, 5.74) is 9.96. The number of nitrogens with one attached hydrogen (secondary N) is 2. The summed E-state index contributed by atoms with van der Waals surface area (Å²) in [6.45, 7) is 0.822. The lowest BCUT2D eigenvalue weighted by molar-refractivity contribution is 0.0994. The van der Waals surface area contributed by atoms with Gasteiger partial charge in [-0.25, -0.2) is 4.79 Å². The Morgan fingerprint density at radius 3 is 2.44 bits per heavy atom. The maximum Gasteiger partial charge on any atom is 0.312 e. The Bertz CT molecular complexity index is 377. The first-order valence-corrected chi connectivity index (χ1v) is 4.50. The summed E-state index contributed by atoms with van der Waals surface area (Å²) in [7, 11) is 0. The number of hydrogen-bond acceptors (Lipinski definition) is 5. The Balaban J connectivity index is 2.38. The van der Waals surface area contributed by atoms with Gasteiger partial charge in [-0.2, -0.15) is 0 Å². The van der Waals surface area contributed by atoms with Crippen molar-refractivity contribution in [1.29, 1.82) is 0 Å². The average Bonchev–Trinajstić information content (AvgIpc) is 2.25. The summed E-state index contributed by atoms with van der Waals surface area (Å²) in [6, 6.07) is 2.44. The maximum absolute atomic E-state index is 10.7. The van der Waals surface area contributed by atoms with Crippen LogP contribution < -0.4 is 22.1 Å². The molecule has 0 radical (unpaired) electrons. The van der Waals surface area contributed by atoms with Crippen molar-refractivity contribution in [3.63, 3.8) is 0 Å². The largest absolute Gasteiger partial charge is 0.367 e. The van der Waals surface area contributed by atoms with Crippen LogP contribution in [0.5, 0.6) is 0 Å². The number of hydrogen-bond donors (Lipinski definition) is 4. The molecule has 0 fully saturated rings. The van der Waals surface area contributed by atoms with E-state index in [9.17, 15) is 9.59 Å². The van der Waals surface area contributed by atoms with E-state index in [-0.39, 0.29) is 5.69 Å². The van der Waals surface area contributed by atoms with Crippen molar-refractivity contribution in [3.8, 4) is 0 Å². The van der Waals surface area contributed by atoms with E-state index in [1.807, 2.05) is 0 Å². The molecule has 0 bridgehead atoms. The summed E-state index contributed by atoms with van der Waals surface area (Å²) < 4.78 is 0. The predicted molar refractivity (Wildman–Crippen MR) is 56.6 cm³/mol. The zero-order valence-corrected chi connectivity index (χ0v) is 8.43. The molecule has 1 aromatic heterocycles. The van der Waals surface area contributed by atoms with Gasteiger partial charge in [0.15, 0.2) is 5.69 Å². The van der Waals surface area contributed by atoms with Crippen LogP contribution in [0.2, 0.25) is 0 Å². The Morgan fingerprint density at radius 1 is 1.19 bits per heavy atom. The van der Waals surface area contributed by atoms with E-state index >= 15 is 0 Å². The van der Waals surface area contributed by atoms with Crippen LogP contribution in [-0.2, 0) is 0 Å². The highest BCUT2D eigenvalue weighted by Gasteiger charge is 2.02. The van der Waals surface area contributed by atoms with E-state index in [1.165, 1.54) is 6.07 Å². The molecule has 0 spiro atoms. The molecular formula is C8H12N6O2. The molecule has 0 saturated carbocycles. The van der Waals surface area contributed by atoms with Crippen LogP contribution in [0.25, 0.3) is 0 Å². The Hall–Kier alpha value is -2.38. The first-order chi connectivity index (χ1) is 7.59. The summed E-state index contributed by atoms with van der Waals surface area (Å²) >= 11 is 0. The van der Waals surface area contributed by atoms with Crippen molar-refractivity contribution in [1.82, 2.24) is 15.5 Å². The highest BCUT2D eigenvalue weighted by atomic mass is 16.2. The topological polar surface area (TPSA) is 136 Å². The molecule has 16 heavy (non-hydrogen) atoms. The van der Waals surface area contributed by atoms with Crippen LogP contribution >= 0.6 is 0 Å². The SMILES string of the molecule is NC(=O)NCCNc1ccc(C(N)=O)nn1. The van der Waals surface area contributed by atoms with Crippen LogP contribution in [0, 0.1) is 0 Å². The molecule has 0 aromatic carbocycles. The number of nitrogens with zero attached hydrogens (tertiary/aromatic N) is 2. The van der Waals surface area contributed by atoms with Crippen molar-refractivity contribution in [2.75, 3.05) is 18.4 Å². The highest BCUT2D eigenvalue weighted by molar-refractivity contribution is 5.90. The molecule has 0 aliphatic carbocycles. The monoisotopic (exact) mass is 224 g/mol. The van der Waals surface area contributed by atoms with Crippen LogP contribution in [0.15, 0.2) is 12.1 Å². The van der Waals surface area contributed by atoms with Crippen LogP contribution in [-0.4, -0.2) is 35.2 Å². The minimum atomic E-state index is -0.630. The van der Waals surface area contributed by atoms with Gasteiger partial charge in [0.05, 0.1) is 0 Å². The number of nitrogens with two attached hydrogens (primary N) is 2. The fraction of sp³-hybridized carbons (Fsp3) is 0.250. The van der Waals surface area contributed by atoms with E-state index in [0.29, 0.717) is 18.9 Å². The van der Waals surface area contributed by atoms with Gasteiger partial charge < -0.3 is 22.1 Å². The van der Waals surface area contributed by atoms with Gasteiger partial charge in [-0.05, 0) is 12.1 Å². The van der Waals surface area contributed by atoms with Crippen LogP contribution in [0.4, 0.5) is 10.6 Å². The van der Waals surface area contributed by atoms with E-state index in [4.69, 9.17) is 11.5 Å². The third-order valence-electron chi connectivity index (χ3n) is 1.65. The molecule has 8 heteroatoms. The van der Waals surface area contributed by atoms with Gasteiger partial charge in [-0.15, -0.1) is 10.2 Å². The van der Waals surface area contributed by atoms with Crippen LogP contribution in [0.1, 0.15) is 10.5 Å². The minimum absolute atomic E-state index is 0.0980. The standard InChI is InChI=1S/C8H12N6O2/c9-7(15)5-1-2-6(14-13-5)11-3-4-12-8(10)16/h1-2H,3-4H2,(H2,9,15)(H,11,14)(H3,10,12,16). The Labute approximate surface area is 91.4 Å². The number of rotatable bonds is 5. The van der Waals surface area contributed by atoms with Crippen molar-refractivity contribution in [3.05, 3.63) is 17.8 Å². The van der Waals surface area contributed by atoms with Gasteiger partial charge >= 0.3 is 6.03 Å². The van der Waals surface area contributed by atoms with Gasteiger partial charge in [-0.3, -0.25) is 4.79 Å². The molecule has 1 rings (SSSR count). The molecule has 0 aliphatic rings. The van der Waals surface area contributed by atoms with Crippen molar-refractivity contribution < 1.29 is 9.59 Å².